The fourth-order valence-electron chi connectivity index (χ4n) is 0.659. The van der Waals surface area contributed by atoms with Gasteiger partial charge < -0.3 is 15.7 Å². The monoisotopic (exact) mass is 238 g/mol. The lowest BCUT2D eigenvalue weighted by Gasteiger charge is -2.09. The van der Waals surface area contributed by atoms with Crippen LogP contribution in [0.15, 0.2) is 0 Å². The van der Waals surface area contributed by atoms with Crippen LogP contribution in [0.25, 0.3) is 0 Å². The van der Waals surface area contributed by atoms with Crippen LogP contribution < -0.4 is 10.6 Å². The van der Waals surface area contributed by atoms with Crippen LogP contribution in [0.1, 0.15) is 6.92 Å². The van der Waals surface area contributed by atoms with Crippen molar-refractivity contribution in [1.29, 1.82) is 0 Å². The zero-order valence-electron chi connectivity index (χ0n) is 8.48. The summed E-state index contributed by atoms with van der Waals surface area (Å²) in [5, 5.41) is 12.8. The summed E-state index contributed by atoms with van der Waals surface area (Å²) in [5.41, 5.74) is 0. The third kappa shape index (κ3) is 7.74. The average molecular weight is 238 g/mol. The molecular formula is C7H14N2O5S. The van der Waals surface area contributed by atoms with Crippen molar-refractivity contribution < 1.29 is 23.1 Å². The molecule has 0 aliphatic carbocycles. The summed E-state index contributed by atoms with van der Waals surface area (Å²) in [5.74, 6) is -1.34. The Morgan fingerprint density at radius 1 is 1.40 bits per heavy atom. The van der Waals surface area contributed by atoms with Crippen molar-refractivity contribution in [2.24, 2.45) is 0 Å². The van der Waals surface area contributed by atoms with Crippen LogP contribution in [0.4, 0.5) is 4.79 Å². The first kappa shape index (κ1) is 13.7. The van der Waals surface area contributed by atoms with Crippen molar-refractivity contribution in [3.8, 4) is 0 Å². The highest BCUT2D eigenvalue weighted by atomic mass is 32.2. The number of aliphatic carboxylic acids is 1. The van der Waals surface area contributed by atoms with Crippen LogP contribution in [0.5, 0.6) is 0 Å². The van der Waals surface area contributed by atoms with E-state index in [1.165, 1.54) is 6.92 Å². The van der Waals surface area contributed by atoms with Crippen LogP contribution in [0.3, 0.4) is 0 Å². The Balaban J connectivity index is 3.82. The maximum absolute atomic E-state index is 11.0. The molecule has 0 saturated heterocycles. The smallest absolute Gasteiger partial charge is 0.325 e. The minimum absolute atomic E-state index is 0.0446. The van der Waals surface area contributed by atoms with Gasteiger partial charge in [-0.15, -0.1) is 0 Å². The van der Waals surface area contributed by atoms with Gasteiger partial charge in [0, 0.05) is 12.8 Å². The van der Waals surface area contributed by atoms with Crippen molar-refractivity contribution >= 4 is 21.8 Å². The molecule has 0 rings (SSSR count). The number of carbonyl (C=O) groups excluding carboxylic acids is 1. The van der Waals surface area contributed by atoms with Crippen LogP contribution in [-0.4, -0.2) is 50.1 Å². The number of urea groups is 1. The van der Waals surface area contributed by atoms with Gasteiger partial charge in [-0.3, -0.25) is 4.79 Å². The second-order valence-corrected chi connectivity index (χ2v) is 5.35. The number of carbonyl (C=O) groups is 2. The van der Waals surface area contributed by atoms with Crippen LogP contribution in [-0.2, 0) is 14.6 Å². The highest BCUT2D eigenvalue weighted by molar-refractivity contribution is 7.90. The fourth-order valence-corrected chi connectivity index (χ4v) is 1.13. The molecule has 0 aromatic carbocycles. The maximum Gasteiger partial charge on any atom is 0.325 e. The van der Waals surface area contributed by atoms with Gasteiger partial charge in [-0.25, -0.2) is 13.2 Å². The number of rotatable bonds is 5. The molecule has 0 radical (unpaired) electrons. The molecule has 0 aromatic rings. The second-order valence-electron chi connectivity index (χ2n) is 3.09. The number of amides is 2. The number of hydrogen-bond acceptors (Lipinski definition) is 4. The Morgan fingerprint density at radius 2 is 1.93 bits per heavy atom. The summed E-state index contributed by atoms with van der Waals surface area (Å²) in [6.45, 7) is 1.26. The number of hydrogen-bond donors (Lipinski definition) is 3. The first-order valence-corrected chi connectivity index (χ1v) is 6.23. The molecule has 0 spiro atoms. The second kappa shape index (κ2) is 5.54. The highest BCUT2D eigenvalue weighted by Crippen LogP contribution is 1.82. The van der Waals surface area contributed by atoms with E-state index in [-0.39, 0.29) is 12.3 Å². The van der Waals surface area contributed by atoms with E-state index in [1.807, 2.05) is 0 Å². The third-order valence-electron chi connectivity index (χ3n) is 1.48. The van der Waals surface area contributed by atoms with E-state index in [2.05, 4.69) is 10.6 Å². The van der Waals surface area contributed by atoms with Crippen molar-refractivity contribution in [3.05, 3.63) is 0 Å². The predicted molar refractivity (Wildman–Crippen MR) is 53.3 cm³/mol. The van der Waals surface area contributed by atoms with E-state index in [4.69, 9.17) is 5.11 Å². The third-order valence-corrected chi connectivity index (χ3v) is 2.42. The van der Waals surface area contributed by atoms with Crippen molar-refractivity contribution in [3.63, 3.8) is 0 Å². The molecule has 1 atom stereocenters. The van der Waals surface area contributed by atoms with Gasteiger partial charge in [0.1, 0.15) is 15.9 Å². The van der Waals surface area contributed by atoms with Crippen LogP contribution >= 0.6 is 0 Å². The Hall–Kier alpha value is -1.31. The zero-order chi connectivity index (χ0) is 12.1. The molecule has 88 valence electrons. The van der Waals surface area contributed by atoms with Crippen LogP contribution in [0, 0.1) is 0 Å². The first-order valence-electron chi connectivity index (χ1n) is 4.17. The summed E-state index contributed by atoms with van der Waals surface area (Å²) in [6, 6.07) is -1.71. The van der Waals surface area contributed by atoms with E-state index in [0.717, 1.165) is 6.26 Å². The molecule has 0 unspecified atom stereocenters. The van der Waals surface area contributed by atoms with Crippen molar-refractivity contribution in [2.45, 2.75) is 13.0 Å². The Morgan fingerprint density at radius 3 is 2.33 bits per heavy atom. The highest BCUT2D eigenvalue weighted by Gasteiger charge is 2.13. The summed E-state index contributed by atoms with van der Waals surface area (Å²) in [4.78, 5) is 21.3. The normalized spacial score (nSPS) is 12.9. The molecule has 0 saturated carbocycles. The van der Waals surface area contributed by atoms with E-state index in [1.54, 1.807) is 0 Å². The summed E-state index contributed by atoms with van der Waals surface area (Å²) in [7, 11) is -3.12. The van der Waals surface area contributed by atoms with Gasteiger partial charge in [-0.1, -0.05) is 0 Å². The van der Waals surface area contributed by atoms with E-state index >= 15 is 0 Å². The molecular weight excluding hydrogens is 224 g/mol. The van der Waals surface area contributed by atoms with E-state index in [0.29, 0.717) is 0 Å². The van der Waals surface area contributed by atoms with E-state index < -0.39 is 27.9 Å². The average Bonchev–Trinajstić information content (AvgIpc) is 2.01. The Bertz CT molecular complexity index is 337. The van der Waals surface area contributed by atoms with Gasteiger partial charge >= 0.3 is 12.0 Å². The minimum atomic E-state index is -3.12. The number of carboxylic acid groups (broad SMARTS) is 1. The van der Waals surface area contributed by atoms with Gasteiger partial charge in [0.15, 0.2) is 0 Å². The number of nitrogens with one attached hydrogen (secondary N) is 2. The number of carboxylic acids is 1. The zero-order valence-corrected chi connectivity index (χ0v) is 9.30. The largest absolute Gasteiger partial charge is 0.480 e. The van der Waals surface area contributed by atoms with Gasteiger partial charge in [-0.2, -0.15) is 0 Å². The Labute approximate surface area is 87.8 Å². The summed E-state index contributed by atoms with van der Waals surface area (Å²) < 4.78 is 21.4. The molecule has 8 heteroatoms. The molecule has 0 heterocycles. The van der Waals surface area contributed by atoms with Gasteiger partial charge in [0.25, 0.3) is 0 Å². The first-order chi connectivity index (χ1) is 6.72. The molecule has 7 nitrogen and oxygen atoms in total. The van der Waals surface area contributed by atoms with E-state index in [9.17, 15) is 18.0 Å². The summed E-state index contributed by atoms with van der Waals surface area (Å²) in [6.07, 6.45) is 1.05. The van der Waals surface area contributed by atoms with Gasteiger partial charge in [-0.05, 0) is 6.92 Å². The fraction of sp³-hybridized carbons (Fsp3) is 0.714. The maximum atomic E-state index is 11.0. The van der Waals surface area contributed by atoms with Gasteiger partial charge in [0.2, 0.25) is 0 Å². The molecule has 0 bridgehead atoms. The molecule has 0 aliphatic heterocycles. The number of sulfone groups is 1. The van der Waals surface area contributed by atoms with Crippen molar-refractivity contribution in [2.75, 3.05) is 18.6 Å². The summed E-state index contributed by atoms with van der Waals surface area (Å²) >= 11 is 0. The minimum Gasteiger partial charge on any atom is -0.480 e. The molecule has 0 aromatic heterocycles. The van der Waals surface area contributed by atoms with Gasteiger partial charge in [0.05, 0.1) is 5.75 Å². The lowest BCUT2D eigenvalue weighted by molar-refractivity contribution is -0.138. The standard InChI is InChI=1S/C7H14N2O5S/c1-5(6(10)11)9-7(12)8-3-4-15(2,13)14/h5H,3-4H2,1-2H3,(H,10,11)(H2,8,9,12)/t5-/m0/s1. The molecule has 3 N–H and O–H groups in total. The Kier molecular flexibility index (Phi) is 5.06. The lowest BCUT2D eigenvalue weighted by Crippen LogP contribution is -2.45. The SMILES string of the molecule is C[C@H](NC(=O)NCCS(C)(=O)=O)C(=O)O. The predicted octanol–water partition coefficient (Wildman–Crippen LogP) is -1.20. The lowest BCUT2D eigenvalue weighted by atomic mass is 10.3. The molecule has 0 fully saturated rings. The topological polar surface area (TPSA) is 113 Å². The van der Waals surface area contributed by atoms with Crippen LogP contribution in [0.2, 0.25) is 0 Å². The molecule has 15 heavy (non-hydrogen) atoms. The quantitative estimate of drug-likeness (QED) is 0.557. The molecule has 2 amide bonds. The van der Waals surface area contributed by atoms with Crippen molar-refractivity contribution in [1.82, 2.24) is 10.6 Å². The molecule has 0 aliphatic rings.